The monoisotopic (exact) mass is 779 g/mol. The first kappa shape index (κ1) is 38.5. The summed E-state index contributed by atoms with van der Waals surface area (Å²) in [4.78, 5) is 47.4. The van der Waals surface area contributed by atoms with Gasteiger partial charge in [0.15, 0.2) is 0 Å². The summed E-state index contributed by atoms with van der Waals surface area (Å²) in [7, 11) is 0. The van der Waals surface area contributed by atoms with Crippen LogP contribution in [0, 0.1) is 20.2 Å². The molecule has 12 nitrogen and oxygen atoms in total. The zero-order valence-electron chi connectivity index (χ0n) is 24.8. The Hall–Kier alpha value is -5.27. The van der Waals surface area contributed by atoms with E-state index in [0.29, 0.717) is 24.3 Å². The Kier molecular flexibility index (Phi) is 11.9. The van der Waals surface area contributed by atoms with E-state index in [1.165, 1.54) is 6.07 Å². The second-order valence-electron chi connectivity index (χ2n) is 9.79. The molecule has 0 spiro atoms. The minimum Gasteiger partial charge on any atom is -0.460 e. The Morgan fingerprint density at radius 1 is 0.745 bits per heavy atom. The molecule has 0 saturated carbocycles. The van der Waals surface area contributed by atoms with Gasteiger partial charge < -0.3 is 19.5 Å². The van der Waals surface area contributed by atoms with E-state index in [1.54, 1.807) is 0 Å². The first-order chi connectivity index (χ1) is 23.8. The van der Waals surface area contributed by atoms with Crippen molar-refractivity contribution in [3.8, 4) is 23.0 Å². The number of ether oxygens (including phenoxy) is 3. The summed E-state index contributed by atoms with van der Waals surface area (Å²) in [6.45, 7) is -0.999. The highest BCUT2D eigenvalue weighted by molar-refractivity contribution is 7.93. The number of nitrogens with zero attached hydrogens (tertiary/aromatic N) is 2. The third kappa shape index (κ3) is 10.1. The van der Waals surface area contributed by atoms with Gasteiger partial charge >= 0.3 is 18.3 Å². The normalized spacial score (nSPS) is 11.5. The smallest absolute Gasteiger partial charge is 0.416 e. The van der Waals surface area contributed by atoms with Crippen molar-refractivity contribution in [2.24, 2.45) is 0 Å². The molecule has 4 rings (SSSR count). The number of alkyl halides is 6. The maximum Gasteiger partial charge on any atom is 0.416 e. The van der Waals surface area contributed by atoms with E-state index in [2.05, 4.69) is 5.32 Å². The lowest BCUT2D eigenvalue weighted by Crippen LogP contribution is -2.28. The zero-order valence-corrected chi connectivity index (χ0v) is 27.2. The van der Waals surface area contributed by atoms with Crippen LogP contribution in [0.2, 0.25) is 10.0 Å². The summed E-state index contributed by atoms with van der Waals surface area (Å²) in [6, 6.07) is 10.7. The average Bonchev–Trinajstić information content (AvgIpc) is 3.04. The number of rotatable bonds is 12. The predicted octanol–water partition coefficient (Wildman–Crippen LogP) is 9.39. The lowest BCUT2D eigenvalue weighted by atomic mass is 10.1. The second-order valence-corrected chi connectivity index (χ2v) is 11.5. The van der Waals surface area contributed by atoms with Crippen molar-refractivity contribution in [2.75, 3.05) is 13.2 Å². The van der Waals surface area contributed by atoms with Crippen LogP contribution in [0.25, 0.3) is 0 Å². The van der Waals surface area contributed by atoms with E-state index >= 15 is 0 Å². The Morgan fingerprint density at radius 2 is 1.25 bits per heavy atom. The molecule has 0 aliphatic rings. The first-order valence-electron chi connectivity index (χ1n) is 13.6. The molecule has 1 amide bonds. The van der Waals surface area contributed by atoms with E-state index in [0.717, 1.165) is 42.5 Å². The van der Waals surface area contributed by atoms with Gasteiger partial charge in [0.05, 0.1) is 43.1 Å². The van der Waals surface area contributed by atoms with E-state index in [9.17, 15) is 56.2 Å². The highest BCUT2D eigenvalue weighted by Crippen LogP contribution is 2.39. The van der Waals surface area contributed by atoms with E-state index in [-0.39, 0.29) is 39.8 Å². The van der Waals surface area contributed by atoms with Gasteiger partial charge in [-0.3, -0.25) is 25.0 Å². The molecule has 51 heavy (non-hydrogen) atoms. The fourth-order valence-electron chi connectivity index (χ4n) is 4.07. The summed E-state index contributed by atoms with van der Waals surface area (Å²) in [5.41, 5.74) is -3.72. The van der Waals surface area contributed by atoms with Crippen molar-refractivity contribution in [1.82, 2.24) is 5.32 Å². The molecule has 21 heteroatoms. The van der Waals surface area contributed by atoms with Crippen molar-refractivity contribution in [3.63, 3.8) is 0 Å². The number of carbonyl (C=O) groups excluding carboxylic acids is 2. The quantitative estimate of drug-likeness (QED) is 0.0366. The SMILES string of the molecule is O=C(OCCNC(=O)c1cc(Oc2ccc(C(F)(F)F)cc2Cl)ccc1[N+](=O)[O-])c1cc(Oc2ccc(C(F)(F)F)cc2Cl)ccc1S[N+](=O)[O-]. The molecule has 268 valence electrons. The van der Waals surface area contributed by atoms with Crippen LogP contribution in [-0.2, 0) is 17.1 Å². The highest BCUT2D eigenvalue weighted by atomic mass is 35.5. The van der Waals surface area contributed by atoms with Gasteiger partial charge in [0.2, 0.25) is 0 Å². The molecule has 0 heterocycles. The van der Waals surface area contributed by atoms with Crippen LogP contribution in [0.5, 0.6) is 23.0 Å². The summed E-state index contributed by atoms with van der Waals surface area (Å²) >= 11 is 11.8. The number of halogens is 8. The van der Waals surface area contributed by atoms with Crippen molar-refractivity contribution >= 4 is 52.7 Å². The van der Waals surface area contributed by atoms with E-state index in [1.807, 2.05) is 0 Å². The molecule has 0 bridgehead atoms. The molecule has 1 N–H and O–H groups in total. The summed E-state index contributed by atoms with van der Waals surface area (Å²) in [6.07, 6.45) is -9.36. The van der Waals surface area contributed by atoms with Crippen molar-refractivity contribution < 1.29 is 59.4 Å². The number of nitro benzene ring substituents is 1. The molecule has 0 saturated heterocycles. The van der Waals surface area contributed by atoms with Crippen LogP contribution < -0.4 is 14.8 Å². The number of nitro groups is 2. The average molecular weight is 780 g/mol. The molecule has 0 unspecified atom stereocenters. The van der Waals surface area contributed by atoms with Crippen LogP contribution >= 0.6 is 35.1 Å². The van der Waals surface area contributed by atoms with E-state index < -0.39 is 84.6 Å². The number of esters is 1. The fourth-order valence-corrected chi connectivity index (χ4v) is 5.04. The van der Waals surface area contributed by atoms with Gasteiger partial charge in [0, 0.05) is 12.1 Å². The maximum absolute atomic E-state index is 13.0. The molecular weight excluding hydrogens is 763 g/mol. The molecule has 0 atom stereocenters. The van der Waals surface area contributed by atoms with Gasteiger partial charge in [-0.05, 0) is 60.7 Å². The molecule has 4 aromatic rings. The van der Waals surface area contributed by atoms with Crippen LogP contribution in [0.3, 0.4) is 0 Å². The van der Waals surface area contributed by atoms with Gasteiger partial charge in [0.25, 0.3) is 23.5 Å². The van der Waals surface area contributed by atoms with Gasteiger partial charge in [-0.25, -0.2) is 4.79 Å². The second kappa shape index (κ2) is 15.7. The van der Waals surface area contributed by atoms with Crippen molar-refractivity contribution in [3.05, 3.63) is 125 Å². The van der Waals surface area contributed by atoms with Crippen molar-refractivity contribution in [1.29, 1.82) is 0 Å². The highest BCUT2D eigenvalue weighted by Gasteiger charge is 2.32. The van der Waals surface area contributed by atoms with Crippen molar-refractivity contribution in [2.45, 2.75) is 17.2 Å². The number of hydrogen-bond donors (Lipinski definition) is 1. The van der Waals surface area contributed by atoms with Gasteiger partial charge in [-0.1, -0.05) is 23.2 Å². The summed E-state index contributed by atoms with van der Waals surface area (Å²) < 4.78 is 93.0. The number of hydrogen-bond acceptors (Lipinski definition) is 10. The molecule has 4 aromatic carbocycles. The lowest BCUT2D eigenvalue weighted by molar-refractivity contribution is -0.385. The van der Waals surface area contributed by atoms with Gasteiger partial charge in [-0.2, -0.15) is 26.3 Å². The Balaban J connectivity index is 1.44. The van der Waals surface area contributed by atoms with Crippen LogP contribution in [0.4, 0.5) is 32.0 Å². The van der Waals surface area contributed by atoms with Crippen LogP contribution in [0.1, 0.15) is 31.8 Å². The molecule has 0 aromatic heterocycles. The minimum absolute atomic E-state index is 0.0373. The number of nitrogens with one attached hydrogen (secondary N) is 1. The minimum atomic E-state index is -4.68. The van der Waals surface area contributed by atoms with Crippen LogP contribution in [-0.4, -0.2) is 34.3 Å². The summed E-state index contributed by atoms with van der Waals surface area (Å²) in [5.74, 6) is -3.02. The topological polar surface area (TPSA) is 160 Å². The third-order valence-electron chi connectivity index (χ3n) is 6.35. The van der Waals surface area contributed by atoms with E-state index in [4.69, 9.17) is 37.4 Å². The van der Waals surface area contributed by atoms with Gasteiger partial charge in [0.1, 0.15) is 39.5 Å². The predicted molar refractivity (Wildman–Crippen MR) is 168 cm³/mol. The Bertz CT molecular complexity index is 2020. The first-order valence-corrected chi connectivity index (χ1v) is 15.2. The zero-order chi connectivity index (χ0) is 37.7. The molecular formula is C30H17Cl2F6N3O9S. The number of carbonyl (C=O) groups is 2. The fraction of sp³-hybridized carbons (Fsp3) is 0.133. The number of amides is 1. The summed E-state index contributed by atoms with van der Waals surface area (Å²) in [5, 5.41) is 24.1. The third-order valence-corrected chi connectivity index (χ3v) is 7.64. The molecule has 0 aliphatic heterocycles. The molecule has 0 radical (unpaired) electrons. The molecule has 0 fully saturated rings. The largest absolute Gasteiger partial charge is 0.460 e. The van der Waals surface area contributed by atoms with Gasteiger partial charge in [-0.15, -0.1) is 0 Å². The number of benzene rings is 4. The maximum atomic E-state index is 13.0. The standard InChI is InChI=1S/C30H17Cl2F6N3O9S/c31-21-11-15(29(33,34)35)1-6-24(21)49-17-3-5-23(40(44)45)19(13-17)27(42)39-9-10-48-28(43)20-14-18(4-8-26(20)51-41(46)47)50-25-7-2-16(12-22(25)32)30(36,37)38/h1-8,11-14H,9-10H2,(H,39,42). The Morgan fingerprint density at radius 3 is 1.73 bits per heavy atom. The lowest BCUT2D eigenvalue weighted by Gasteiger charge is -2.13. The Labute approximate surface area is 295 Å². The molecule has 0 aliphatic carbocycles. The van der Waals surface area contributed by atoms with Crippen LogP contribution in [0.15, 0.2) is 77.7 Å².